The molecule has 4 N–H and O–H groups in total. The Hall–Kier alpha value is -2.13. The number of carboxylic acid groups (broad SMARTS) is 1. The van der Waals surface area contributed by atoms with Crippen LogP contribution >= 0.6 is 0 Å². The quantitative estimate of drug-likeness (QED) is 0.606. The number of amides is 2. The molecule has 0 aliphatic heterocycles. The number of rotatable bonds is 5. The molecule has 0 saturated carbocycles. The first-order chi connectivity index (χ1) is 9.61. The summed E-state index contributed by atoms with van der Waals surface area (Å²) in [6, 6.07) is 3.10. The van der Waals surface area contributed by atoms with E-state index in [4.69, 9.17) is 5.11 Å². The van der Waals surface area contributed by atoms with Crippen LogP contribution in [0, 0.1) is 0 Å². The van der Waals surface area contributed by atoms with Crippen molar-refractivity contribution in [1.29, 1.82) is 0 Å². The summed E-state index contributed by atoms with van der Waals surface area (Å²) in [4.78, 5) is 22.5. The highest BCUT2D eigenvalue weighted by atomic mass is 32.2. The van der Waals surface area contributed by atoms with Crippen LogP contribution in [-0.2, 0) is 14.6 Å². The summed E-state index contributed by atoms with van der Waals surface area (Å²) in [6.45, 7) is 1.24. The summed E-state index contributed by atoms with van der Waals surface area (Å²) >= 11 is 0. The van der Waals surface area contributed by atoms with E-state index in [2.05, 4.69) is 10.6 Å². The molecule has 0 heterocycles. The first kappa shape index (κ1) is 16.9. The molecule has 2 atom stereocenters. The molecular weight excluding hydrogens is 300 g/mol. The summed E-state index contributed by atoms with van der Waals surface area (Å²) in [6.07, 6.45) is -0.205. The average molecular weight is 316 g/mol. The number of hydrogen-bond acceptors (Lipinski definition) is 5. The second kappa shape index (κ2) is 6.55. The molecule has 0 aromatic heterocycles. The third kappa shape index (κ3) is 5.04. The Morgan fingerprint density at radius 2 is 1.71 bits per heavy atom. The van der Waals surface area contributed by atoms with Crippen LogP contribution in [0.2, 0.25) is 0 Å². The number of aliphatic hydroxyl groups is 1. The molecule has 0 saturated heterocycles. The lowest BCUT2D eigenvalue weighted by molar-refractivity contribution is -0.141. The van der Waals surface area contributed by atoms with Crippen LogP contribution < -0.4 is 10.6 Å². The Balaban J connectivity index is 2.73. The first-order valence-corrected chi connectivity index (χ1v) is 7.79. The molecular formula is C12H16N2O6S. The second-order valence-electron chi connectivity index (χ2n) is 4.45. The zero-order valence-corrected chi connectivity index (χ0v) is 12.2. The van der Waals surface area contributed by atoms with Crippen LogP contribution in [0.4, 0.5) is 10.5 Å². The van der Waals surface area contributed by atoms with E-state index < -0.39 is 34.0 Å². The van der Waals surface area contributed by atoms with Gasteiger partial charge in [-0.2, -0.15) is 0 Å². The lowest BCUT2D eigenvalue weighted by Crippen LogP contribution is -2.49. The van der Waals surface area contributed by atoms with Gasteiger partial charge in [0, 0.05) is 11.9 Å². The number of anilines is 1. The zero-order chi connectivity index (χ0) is 16.2. The van der Waals surface area contributed by atoms with Gasteiger partial charge in [0.05, 0.1) is 11.0 Å². The van der Waals surface area contributed by atoms with E-state index in [0.717, 1.165) is 6.26 Å². The van der Waals surface area contributed by atoms with Gasteiger partial charge in [-0.05, 0) is 31.2 Å². The van der Waals surface area contributed by atoms with E-state index in [-0.39, 0.29) is 10.6 Å². The van der Waals surface area contributed by atoms with Crippen LogP contribution in [0.3, 0.4) is 0 Å². The number of carboxylic acids is 1. The number of sulfone groups is 1. The lowest BCUT2D eigenvalue weighted by atomic mass is 10.2. The topological polar surface area (TPSA) is 133 Å². The van der Waals surface area contributed by atoms with Crippen molar-refractivity contribution in [2.75, 3.05) is 11.6 Å². The number of hydrogen-bond donors (Lipinski definition) is 4. The predicted octanol–water partition coefficient (Wildman–Crippen LogP) is 0.0456. The molecule has 0 fully saturated rings. The van der Waals surface area contributed by atoms with E-state index in [9.17, 15) is 23.1 Å². The molecule has 1 aromatic carbocycles. The van der Waals surface area contributed by atoms with Crippen LogP contribution in [-0.4, -0.2) is 49.0 Å². The monoisotopic (exact) mass is 316 g/mol. The largest absolute Gasteiger partial charge is 0.480 e. The Morgan fingerprint density at radius 1 is 1.19 bits per heavy atom. The maximum absolute atomic E-state index is 11.6. The predicted molar refractivity (Wildman–Crippen MR) is 74.8 cm³/mol. The van der Waals surface area contributed by atoms with Crippen LogP contribution in [0.1, 0.15) is 6.92 Å². The fourth-order valence-electron chi connectivity index (χ4n) is 1.48. The van der Waals surface area contributed by atoms with Gasteiger partial charge < -0.3 is 20.8 Å². The third-order valence-electron chi connectivity index (χ3n) is 2.58. The molecule has 21 heavy (non-hydrogen) atoms. The third-order valence-corrected chi connectivity index (χ3v) is 3.70. The van der Waals surface area contributed by atoms with E-state index in [1.807, 2.05) is 0 Å². The molecule has 0 bridgehead atoms. The fourth-order valence-corrected chi connectivity index (χ4v) is 2.11. The van der Waals surface area contributed by atoms with Gasteiger partial charge in [0.25, 0.3) is 0 Å². The number of nitrogens with one attached hydrogen (secondary N) is 2. The molecule has 2 amide bonds. The Bertz CT molecular complexity index is 624. The van der Waals surface area contributed by atoms with Gasteiger partial charge in [-0.25, -0.2) is 18.0 Å². The Kier molecular flexibility index (Phi) is 5.28. The Labute approximate surface area is 121 Å². The minimum Gasteiger partial charge on any atom is -0.480 e. The molecule has 116 valence electrons. The summed E-state index contributed by atoms with van der Waals surface area (Å²) < 4.78 is 22.5. The number of aliphatic carboxylic acids is 1. The van der Waals surface area contributed by atoms with Crippen molar-refractivity contribution < 1.29 is 28.2 Å². The van der Waals surface area contributed by atoms with Crippen molar-refractivity contribution in [2.24, 2.45) is 0 Å². The number of urea groups is 1. The molecule has 0 aliphatic carbocycles. The maximum Gasteiger partial charge on any atom is 0.328 e. The van der Waals surface area contributed by atoms with E-state index >= 15 is 0 Å². The van der Waals surface area contributed by atoms with Gasteiger partial charge in [-0.1, -0.05) is 0 Å². The van der Waals surface area contributed by atoms with Gasteiger partial charge in [0.1, 0.15) is 0 Å². The number of carbonyl (C=O) groups is 2. The molecule has 0 aliphatic rings. The van der Waals surface area contributed by atoms with Crippen LogP contribution in [0.5, 0.6) is 0 Å². The average Bonchev–Trinajstić information content (AvgIpc) is 2.34. The molecule has 0 radical (unpaired) electrons. The standard InChI is InChI=1S/C12H16N2O6S/c1-7(15)10(11(16)17)14-12(18)13-8-3-5-9(6-4-8)21(2,19)20/h3-7,10,15H,1-2H3,(H,16,17)(H2,13,14,18). The minimum absolute atomic E-state index is 0.0980. The van der Waals surface area contributed by atoms with Gasteiger partial charge in [-0.3, -0.25) is 0 Å². The smallest absolute Gasteiger partial charge is 0.328 e. The molecule has 2 unspecified atom stereocenters. The fraction of sp³-hybridized carbons (Fsp3) is 0.333. The van der Waals surface area contributed by atoms with Crippen molar-refractivity contribution in [3.05, 3.63) is 24.3 Å². The number of aliphatic hydroxyl groups excluding tert-OH is 1. The highest BCUT2D eigenvalue weighted by molar-refractivity contribution is 7.90. The van der Waals surface area contributed by atoms with Crippen molar-refractivity contribution in [3.63, 3.8) is 0 Å². The normalized spacial score (nSPS) is 14.0. The van der Waals surface area contributed by atoms with E-state index in [1.165, 1.54) is 31.2 Å². The van der Waals surface area contributed by atoms with Gasteiger partial charge >= 0.3 is 12.0 Å². The summed E-state index contributed by atoms with van der Waals surface area (Å²) in [5.41, 5.74) is 0.287. The highest BCUT2D eigenvalue weighted by Crippen LogP contribution is 2.13. The van der Waals surface area contributed by atoms with Crippen molar-refractivity contribution in [3.8, 4) is 0 Å². The molecule has 1 aromatic rings. The Morgan fingerprint density at radius 3 is 2.10 bits per heavy atom. The van der Waals surface area contributed by atoms with Crippen molar-refractivity contribution in [1.82, 2.24) is 5.32 Å². The highest BCUT2D eigenvalue weighted by Gasteiger charge is 2.24. The lowest BCUT2D eigenvalue weighted by Gasteiger charge is -2.17. The molecule has 8 nitrogen and oxygen atoms in total. The van der Waals surface area contributed by atoms with Crippen LogP contribution in [0.25, 0.3) is 0 Å². The summed E-state index contributed by atoms with van der Waals surface area (Å²) in [7, 11) is -3.33. The summed E-state index contributed by atoms with van der Waals surface area (Å²) in [5, 5.41) is 22.5. The maximum atomic E-state index is 11.6. The SMILES string of the molecule is CC(O)C(NC(=O)Nc1ccc(S(C)(=O)=O)cc1)C(=O)O. The molecule has 1 rings (SSSR count). The first-order valence-electron chi connectivity index (χ1n) is 5.90. The summed E-state index contributed by atoms with van der Waals surface area (Å²) in [5.74, 6) is -1.37. The van der Waals surface area contributed by atoms with Crippen LogP contribution in [0.15, 0.2) is 29.2 Å². The van der Waals surface area contributed by atoms with Crippen molar-refractivity contribution >= 4 is 27.5 Å². The van der Waals surface area contributed by atoms with Gasteiger partial charge in [0.15, 0.2) is 15.9 Å². The minimum atomic E-state index is -3.33. The van der Waals surface area contributed by atoms with Crippen molar-refractivity contribution in [2.45, 2.75) is 24.0 Å². The van der Waals surface area contributed by atoms with E-state index in [0.29, 0.717) is 0 Å². The molecule has 9 heteroatoms. The number of benzene rings is 1. The number of carbonyl (C=O) groups excluding carboxylic acids is 1. The van der Waals surface area contributed by atoms with E-state index in [1.54, 1.807) is 0 Å². The van der Waals surface area contributed by atoms with Gasteiger partial charge in [-0.15, -0.1) is 0 Å². The second-order valence-corrected chi connectivity index (χ2v) is 6.47. The van der Waals surface area contributed by atoms with Gasteiger partial charge in [0.2, 0.25) is 0 Å². The zero-order valence-electron chi connectivity index (χ0n) is 11.4. The molecule has 0 spiro atoms.